The Morgan fingerprint density at radius 1 is 1.08 bits per heavy atom. The van der Waals surface area contributed by atoms with Crippen LogP contribution < -0.4 is 10.1 Å². The minimum Gasteiger partial charge on any atom is -0.423 e. The Bertz CT molecular complexity index is 771. The number of rotatable bonds is 7. The van der Waals surface area contributed by atoms with Crippen LogP contribution in [0.3, 0.4) is 0 Å². The summed E-state index contributed by atoms with van der Waals surface area (Å²) in [5.74, 6) is -0.0529. The molecule has 2 aromatic carbocycles. The van der Waals surface area contributed by atoms with E-state index in [0.29, 0.717) is 23.5 Å². The zero-order chi connectivity index (χ0) is 19.1. The number of halogens is 1. The molecule has 0 saturated heterocycles. The molecule has 6 heteroatoms. The summed E-state index contributed by atoms with van der Waals surface area (Å²) < 4.78 is 6.53. The first-order valence-electron chi connectivity index (χ1n) is 8.53. The summed E-state index contributed by atoms with van der Waals surface area (Å²) >= 11 is 3.35. The highest BCUT2D eigenvalue weighted by molar-refractivity contribution is 9.10. The molecule has 0 heterocycles. The largest absolute Gasteiger partial charge is 0.423 e. The van der Waals surface area contributed by atoms with Crippen LogP contribution in [-0.2, 0) is 11.3 Å². The Balaban J connectivity index is 2.28. The Labute approximate surface area is 162 Å². The molecule has 1 N–H and O–H groups in total. The molecule has 0 spiro atoms. The van der Waals surface area contributed by atoms with Gasteiger partial charge in [-0.05, 0) is 55.6 Å². The molecule has 1 amide bonds. The maximum Gasteiger partial charge on any atom is 0.343 e. The summed E-state index contributed by atoms with van der Waals surface area (Å²) in [5, 5.41) is 2.77. The van der Waals surface area contributed by atoms with E-state index in [-0.39, 0.29) is 5.91 Å². The topological polar surface area (TPSA) is 58.6 Å². The van der Waals surface area contributed by atoms with Crippen LogP contribution in [0, 0.1) is 0 Å². The molecule has 2 aromatic rings. The molecule has 0 saturated carbocycles. The van der Waals surface area contributed by atoms with E-state index in [1.165, 1.54) is 6.92 Å². The molecule has 0 aliphatic rings. The van der Waals surface area contributed by atoms with Gasteiger partial charge in [0.25, 0.3) is 0 Å². The van der Waals surface area contributed by atoms with Gasteiger partial charge in [-0.2, -0.15) is 0 Å². The SMILES string of the molecule is CCN(CC)Cc1cc(NC(C)=O)ccc1OC(=O)c1ccc(Br)cc1. The second-order valence-corrected chi connectivity index (χ2v) is 6.78. The van der Waals surface area contributed by atoms with Crippen molar-refractivity contribution in [2.75, 3.05) is 18.4 Å². The minimum atomic E-state index is -0.412. The number of anilines is 1. The molecule has 0 aliphatic carbocycles. The number of hydrogen-bond acceptors (Lipinski definition) is 4. The van der Waals surface area contributed by atoms with Gasteiger partial charge in [-0.15, -0.1) is 0 Å². The molecule has 0 fully saturated rings. The molecule has 138 valence electrons. The fourth-order valence-electron chi connectivity index (χ4n) is 2.52. The van der Waals surface area contributed by atoms with Crippen molar-refractivity contribution in [2.24, 2.45) is 0 Å². The zero-order valence-electron chi connectivity index (χ0n) is 15.2. The quantitative estimate of drug-likeness (QED) is 0.532. The van der Waals surface area contributed by atoms with E-state index in [2.05, 4.69) is 40.0 Å². The lowest BCUT2D eigenvalue weighted by Crippen LogP contribution is -2.23. The highest BCUT2D eigenvalue weighted by Crippen LogP contribution is 2.26. The van der Waals surface area contributed by atoms with Crippen LogP contribution in [0.15, 0.2) is 46.9 Å². The molecule has 0 bridgehead atoms. The van der Waals surface area contributed by atoms with Crippen LogP contribution in [0.5, 0.6) is 5.75 Å². The first-order chi connectivity index (χ1) is 12.4. The Morgan fingerprint density at radius 3 is 2.31 bits per heavy atom. The molecular formula is C20H23BrN2O3. The summed E-state index contributed by atoms with van der Waals surface area (Å²) in [5.41, 5.74) is 2.02. The lowest BCUT2D eigenvalue weighted by atomic mass is 10.1. The Hall–Kier alpha value is -2.18. The van der Waals surface area contributed by atoms with Crippen molar-refractivity contribution in [3.63, 3.8) is 0 Å². The third-order valence-electron chi connectivity index (χ3n) is 3.95. The maximum absolute atomic E-state index is 12.4. The first-order valence-corrected chi connectivity index (χ1v) is 9.32. The van der Waals surface area contributed by atoms with Crippen molar-refractivity contribution >= 4 is 33.5 Å². The number of nitrogens with zero attached hydrogens (tertiary/aromatic N) is 1. The summed E-state index contributed by atoms with van der Waals surface area (Å²) in [7, 11) is 0. The molecule has 5 nitrogen and oxygen atoms in total. The van der Waals surface area contributed by atoms with Gasteiger partial charge >= 0.3 is 5.97 Å². The summed E-state index contributed by atoms with van der Waals surface area (Å²) in [6.07, 6.45) is 0. The molecule has 0 radical (unpaired) electrons. The maximum atomic E-state index is 12.4. The number of nitrogens with one attached hydrogen (secondary N) is 1. The highest BCUT2D eigenvalue weighted by atomic mass is 79.9. The average Bonchev–Trinajstić information content (AvgIpc) is 2.61. The van der Waals surface area contributed by atoms with E-state index in [0.717, 1.165) is 23.1 Å². The fourth-order valence-corrected chi connectivity index (χ4v) is 2.78. The minimum absolute atomic E-state index is 0.140. The number of esters is 1. The third-order valence-corrected chi connectivity index (χ3v) is 4.48. The Kier molecular flexibility index (Phi) is 7.36. The molecule has 0 aromatic heterocycles. The van der Waals surface area contributed by atoms with Crippen molar-refractivity contribution in [1.29, 1.82) is 0 Å². The van der Waals surface area contributed by atoms with Crippen molar-refractivity contribution in [2.45, 2.75) is 27.3 Å². The zero-order valence-corrected chi connectivity index (χ0v) is 16.8. The van der Waals surface area contributed by atoms with Gasteiger partial charge in [-0.1, -0.05) is 29.8 Å². The van der Waals surface area contributed by atoms with E-state index in [4.69, 9.17) is 4.74 Å². The average molecular weight is 419 g/mol. The molecular weight excluding hydrogens is 396 g/mol. The molecule has 0 unspecified atom stereocenters. The summed E-state index contributed by atoms with van der Waals surface area (Å²) in [6, 6.07) is 12.3. The number of ether oxygens (including phenoxy) is 1. The number of carbonyl (C=O) groups is 2. The van der Waals surface area contributed by atoms with Gasteiger partial charge in [0.1, 0.15) is 5.75 Å². The van der Waals surface area contributed by atoms with E-state index < -0.39 is 5.97 Å². The van der Waals surface area contributed by atoms with Crippen LogP contribution in [-0.4, -0.2) is 29.9 Å². The predicted octanol–water partition coefficient (Wildman–Crippen LogP) is 4.47. The summed E-state index contributed by atoms with van der Waals surface area (Å²) in [4.78, 5) is 26.0. The monoisotopic (exact) mass is 418 g/mol. The van der Waals surface area contributed by atoms with E-state index in [1.54, 1.807) is 36.4 Å². The van der Waals surface area contributed by atoms with Gasteiger partial charge < -0.3 is 10.1 Å². The van der Waals surface area contributed by atoms with E-state index >= 15 is 0 Å². The van der Waals surface area contributed by atoms with Gasteiger partial charge in [-0.25, -0.2) is 4.79 Å². The van der Waals surface area contributed by atoms with Gasteiger partial charge in [0, 0.05) is 29.2 Å². The third kappa shape index (κ3) is 5.68. The summed E-state index contributed by atoms with van der Waals surface area (Å²) in [6.45, 7) is 8.00. The molecule has 2 rings (SSSR count). The van der Waals surface area contributed by atoms with E-state index in [9.17, 15) is 9.59 Å². The normalized spacial score (nSPS) is 10.7. The second kappa shape index (κ2) is 9.50. The highest BCUT2D eigenvalue weighted by Gasteiger charge is 2.14. The lowest BCUT2D eigenvalue weighted by Gasteiger charge is -2.20. The van der Waals surface area contributed by atoms with Gasteiger partial charge in [-0.3, -0.25) is 9.69 Å². The predicted molar refractivity (Wildman–Crippen MR) is 106 cm³/mol. The molecule has 0 aliphatic heterocycles. The number of amides is 1. The van der Waals surface area contributed by atoms with Crippen LogP contribution in [0.1, 0.15) is 36.7 Å². The van der Waals surface area contributed by atoms with Crippen LogP contribution >= 0.6 is 15.9 Å². The van der Waals surface area contributed by atoms with E-state index in [1.807, 2.05) is 6.07 Å². The molecule has 0 atom stereocenters. The van der Waals surface area contributed by atoms with Gasteiger partial charge in [0.05, 0.1) is 5.56 Å². The first kappa shape index (κ1) is 20.1. The van der Waals surface area contributed by atoms with Gasteiger partial charge in [0.15, 0.2) is 0 Å². The van der Waals surface area contributed by atoms with Crippen LogP contribution in [0.2, 0.25) is 0 Å². The smallest absolute Gasteiger partial charge is 0.343 e. The number of benzene rings is 2. The Morgan fingerprint density at radius 2 is 1.73 bits per heavy atom. The standard InChI is InChI=1S/C20H23BrN2O3/c1-4-23(5-2)13-16-12-18(22-14(3)24)10-11-19(16)26-20(25)15-6-8-17(21)9-7-15/h6-12H,4-5,13H2,1-3H3,(H,22,24). The fraction of sp³-hybridized carbons (Fsp3) is 0.300. The van der Waals surface area contributed by atoms with Crippen molar-refractivity contribution in [1.82, 2.24) is 4.90 Å². The van der Waals surface area contributed by atoms with Crippen LogP contribution in [0.25, 0.3) is 0 Å². The van der Waals surface area contributed by atoms with Gasteiger partial charge in [0.2, 0.25) is 5.91 Å². The second-order valence-electron chi connectivity index (χ2n) is 5.86. The number of hydrogen-bond donors (Lipinski definition) is 1. The molecule has 26 heavy (non-hydrogen) atoms. The lowest BCUT2D eigenvalue weighted by molar-refractivity contribution is -0.114. The van der Waals surface area contributed by atoms with Crippen molar-refractivity contribution in [3.8, 4) is 5.75 Å². The van der Waals surface area contributed by atoms with Crippen molar-refractivity contribution in [3.05, 3.63) is 58.1 Å². The number of carbonyl (C=O) groups excluding carboxylic acids is 2. The van der Waals surface area contributed by atoms with Crippen LogP contribution in [0.4, 0.5) is 5.69 Å². The van der Waals surface area contributed by atoms with Crippen molar-refractivity contribution < 1.29 is 14.3 Å².